The molecule has 5 heteroatoms. The van der Waals surface area contributed by atoms with Crippen LogP contribution in [0.2, 0.25) is 0 Å². The molecule has 3 unspecified atom stereocenters. The van der Waals surface area contributed by atoms with Crippen LogP contribution in [0.5, 0.6) is 0 Å². The van der Waals surface area contributed by atoms with Gasteiger partial charge in [0, 0.05) is 0 Å². The lowest BCUT2D eigenvalue weighted by atomic mass is 9.97. The average molecular weight is 319 g/mol. The van der Waals surface area contributed by atoms with Crippen LogP contribution in [-0.4, -0.2) is 29.8 Å². The van der Waals surface area contributed by atoms with Gasteiger partial charge in [-0.2, -0.15) is 0 Å². The summed E-state index contributed by atoms with van der Waals surface area (Å²) in [6, 6.07) is 9.51. The molecule has 23 heavy (non-hydrogen) atoms. The van der Waals surface area contributed by atoms with Crippen molar-refractivity contribution in [2.45, 2.75) is 58.3 Å². The average Bonchev–Trinajstić information content (AvgIpc) is 2.77. The summed E-state index contributed by atoms with van der Waals surface area (Å²) in [6.45, 7) is 7.29. The monoisotopic (exact) mass is 319 g/mol. The summed E-state index contributed by atoms with van der Waals surface area (Å²) < 4.78 is 10.8. The van der Waals surface area contributed by atoms with Crippen LogP contribution in [0.1, 0.15) is 39.7 Å². The van der Waals surface area contributed by atoms with Crippen molar-refractivity contribution in [2.24, 2.45) is 5.92 Å². The van der Waals surface area contributed by atoms with Crippen molar-refractivity contribution in [3.8, 4) is 0 Å². The highest BCUT2D eigenvalue weighted by molar-refractivity contribution is 5.74. The number of amides is 1. The van der Waals surface area contributed by atoms with Crippen molar-refractivity contribution in [2.75, 3.05) is 0 Å². The number of alkyl carbamates (subject to hydrolysis) is 1. The molecule has 1 aromatic rings. The molecule has 3 atom stereocenters. The summed E-state index contributed by atoms with van der Waals surface area (Å²) in [7, 11) is 0. The third-order valence-electron chi connectivity index (χ3n) is 3.71. The largest absolute Gasteiger partial charge is 0.460 e. The van der Waals surface area contributed by atoms with Crippen LogP contribution in [-0.2, 0) is 20.7 Å². The number of ether oxygens (including phenoxy) is 2. The van der Waals surface area contributed by atoms with Crippen LogP contribution in [0, 0.1) is 5.92 Å². The van der Waals surface area contributed by atoms with Crippen LogP contribution >= 0.6 is 0 Å². The van der Waals surface area contributed by atoms with E-state index in [4.69, 9.17) is 9.47 Å². The van der Waals surface area contributed by atoms with Gasteiger partial charge in [0.2, 0.25) is 0 Å². The lowest BCUT2D eigenvalue weighted by Gasteiger charge is -2.26. The van der Waals surface area contributed by atoms with E-state index >= 15 is 0 Å². The lowest BCUT2D eigenvalue weighted by molar-refractivity contribution is -0.144. The minimum atomic E-state index is -0.568. The van der Waals surface area contributed by atoms with Gasteiger partial charge in [0.05, 0.1) is 12.0 Å². The number of carbonyl (C=O) groups excluding carboxylic acids is 2. The van der Waals surface area contributed by atoms with E-state index in [1.54, 1.807) is 0 Å². The molecule has 0 aliphatic carbocycles. The van der Waals surface area contributed by atoms with E-state index in [2.05, 4.69) is 5.32 Å². The van der Waals surface area contributed by atoms with Crippen molar-refractivity contribution in [3.05, 3.63) is 35.9 Å². The maximum atomic E-state index is 12.1. The van der Waals surface area contributed by atoms with E-state index in [1.807, 2.05) is 58.0 Å². The number of rotatable bonds is 4. The summed E-state index contributed by atoms with van der Waals surface area (Å²) in [4.78, 5) is 23.8. The minimum absolute atomic E-state index is 0.140. The Bertz CT molecular complexity index is 550. The van der Waals surface area contributed by atoms with Gasteiger partial charge in [-0.3, -0.25) is 4.79 Å². The first-order valence-electron chi connectivity index (χ1n) is 7.98. The van der Waals surface area contributed by atoms with E-state index in [0.29, 0.717) is 12.8 Å². The number of carbonyl (C=O) groups is 2. The molecular weight excluding hydrogens is 294 g/mol. The van der Waals surface area contributed by atoms with Gasteiger partial charge in [0.25, 0.3) is 0 Å². The predicted molar refractivity (Wildman–Crippen MR) is 87.0 cm³/mol. The molecule has 1 heterocycles. The van der Waals surface area contributed by atoms with Gasteiger partial charge in [-0.25, -0.2) is 4.79 Å². The Labute approximate surface area is 137 Å². The smallest absolute Gasteiger partial charge is 0.408 e. The highest BCUT2D eigenvalue weighted by atomic mass is 16.6. The van der Waals surface area contributed by atoms with Gasteiger partial charge >= 0.3 is 12.1 Å². The molecule has 1 saturated heterocycles. The molecule has 1 aromatic carbocycles. The molecule has 0 spiro atoms. The molecule has 0 saturated carbocycles. The number of nitrogens with one attached hydrogen (secondary N) is 1. The molecule has 0 aromatic heterocycles. The standard InChI is InChI=1S/C18H25NO4/c1-12-10-15(22-16(12)20)14(11-13-8-6-5-7-9-13)19-17(21)23-18(2,3)4/h5-9,12,14-15H,10-11H2,1-4H3,(H,19,21). The first kappa shape index (κ1) is 17.3. The van der Waals surface area contributed by atoms with E-state index in [-0.39, 0.29) is 24.0 Å². The molecule has 126 valence electrons. The first-order chi connectivity index (χ1) is 10.7. The van der Waals surface area contributed by atoms with Gasteiger partial charge in [-0.05, 0) is 39.2 Å². The quantitative estimate of drug-likeness (QED) is 0.866. The molecule has 0 bridgehead atoms. The topological polar surface area (TPSA) is 64.6 Å². The fourth-order valence-corrected chi connectivity index (χ4v) is 2.61. The Hall–Kier alpha value is -2.04. The van der Waals surface area contributed by atoms with Crippen molar-refractivity contribution in [1.29, 1.82) is 0 Å². The van der Waals surface area contributed by atoms with Gasteiger partial charge in [-0.1, -0.05) is 37.3 Å². The third-order valence-corrected chi connectivity index (χ3v) is 3.71. The minimum Gasteiger partial charge on any atom is -0.460 e. The molecule has 1 aliphatic heterocycles. The molecule has 2 rings (SSSR count). The van der Waals surface area contributed by atoms with E-state index in [9.17, 15) is 9.59 Å². The maximum Gasteiger partial charge on any atom is 0.408 e. The third kappa shape index (κ3) is 5.27. The zero-order valence-corrected chi connectivity index (χ0v) is 14.2. The van der Waals surface area contributed by atoms with E-state index in [1.165, 1.54) is 0 Å². The molecule has 1 fully saturated rings. The van der Waals surface area contributed by atoms with Crippen molar-refractivity contribution < 1.29 is 19.1 Å². The van der Waals surface area contributed by atoms with E-state index < -0.39 is 11.7 Å². The Morgan fingerprint density at radius 1 is 1.35 bits per heavy atom. The Balaban J connectivity index is 2.08. The lowest BCUT2D eigenvalue weighted by Crippen LogP contribution is -2.46. The normalized spacial score (nSPS) is 22.3. The van der Waals surface area contributed by atoms with Gasteiger partial charge in [0.15, 0.2) is 0 Å². The highest BCUT2D eigenvalue weighted by Crippen LogP contribution is 2.25. The maximum absolute atomic E-state index is 12.1. The fraction of sp³-hybridized carbons (Fsp3) is 0.556. The van der Waals surface area contributed by atoms with Gasteiger partial charge < -0.3 is 14.8 Å². The van der Waals surface area contributed by atoms with Crippen molar-refractivity contribution >= 4 is 12.1 Å². The molecule has 0 radical (unpaired) electrons. The molecular formula is C18H25NO4. The Morgan fingerprint density at radius 3 is 2.52 bits per heavy atom. The number of benzene rings is 1. The number of hydrogen-bond acceptors (Lipinski definition) is 4. The number of esters is 1. The summed E-state index contributed by atoms with van der Waals surface area (Å²) in [6.07, 6.45) is 0.371. The van der Waals surface area contributed by atoms with Crippen LogP contribution in [0.25, 0.3) is 0 Å². The Morgan fingerprint density at radius 2 is 2.00 bits per heavy atom. The zero-order chi connectivity index (χ0) is 17.0. The molecule has 1 amide bonds. The number of hydrogen-bond donors (Lipinski definition) is 1. The highest BCUT2D eigenvalue weighted by Gasteiger charge is 2.37. The van der Waals surface area contributed by atoms with Crippen LogP contribution in [0.15, 0.2) is 30.3 Å². The van der Waals surface area contributed by atoms with Crippen molar-refractivity contribution in [3.63, 3.8) is 0 Å². The second-order valence-electron chi connectivity index (χ2n) is 7.05. The van der Waals surface area contributed by atoms with Gasteiger partial charge in [-0.15, -0.1) is 0 Å². The molecule has 5 nitrogen and oxygen atoms in total. The SMILES string of the molecule is CC1CC(C(Cc2ccccc2)NC(=O)OC(C)(C)C)OC1=O. The van der Waals surface area contributed by atoms with Crippen LogP contribution < -0.4 is 5.32 Å². The van der Waals surface area contributed by atoms with Crippen LogP contribution in [0.4, 0.5) is 4.79 Å². The van der Waals surface area contributed by atoms with Crippen LogP contribution in [0.3, 0.4) is 0 Å². The zero-order valence-electron chi connectivity index (χ0n) is 14.2. The molecule has 1 aliphatic rings. The summed E-state index contributed by atoms with van der Waals surface area (Å²) in [5.41, 5.74) is 0.505. The second-order valence-corrected chi connectivity index (χ2v) is 7.05. The second kappa shape index (κ2) is 7.02. The van der Waals surface area contributed by atoms with Gasteiger partial charge in [0.1, 0.15) is 11.7 Å². The summed E-state index contributed by atoms with van der Waals surface area (Å²) >= 11 is 0. The fourth-order valence-electron chi connectivity index (χ4n) is 2.61. The van der Waals surface area contributed by atoms with E-state index in [0.717, 1.165) is 5.56 Å². The molecule has 1 N–H and O–H groups in total. The summed E-state index contributed by atoms with van der Waals surface area (Å²) in [5.74, 6) is -0.349. The van der Waals surface area contributed by atoms with Crippen molar-refractivity contribution in [1.82, 2.24) is 5.32 Å². The number of cyclic esters (lactones) is 1. The Kier molecular flexibility index (Phi) is 5.29. The summed E-state index contributed by atoms with van der Waals surface area (Å²) in [5, 5.41) is 2.87. The first-order valence-corrected chi connectivity index (χ1v) is 7.98. The predicted octanol–water partition coefficient (Wildman–Crippen LogP) is 3.07.